The summed E-state index contributed by atoms with van der Waals surface area (Å²) < 4.78 is 29.2. The summed E-state index contributed by atoms with van der Waals surface area (Å²) in [7, 11) is -2.00. The molecule has 7 heteroatoms. The first-order chi connectivity index (χ1) is 9.22. The Balaban J connectivity index is 2.52. The van der Waals surface area contributed by atoms with E-state index in [9.17, 15) is 8.42 Å². The maximum Gasteiger partial charge on any atom is 0.264 e. The third-order valence-corrected chi connectivity index (χ3v) is 4.80. The number of aromatic nitrogens is 2. The van der Waals surface area contributed by atoms with Gasteiger partial charge in [-0.3, -0.25) is 9.40 Å². The molecule has 1 heterocycles. The molecule has 108 valence electrons. The smallest absolute Gasteiger partial charge is 0.264 e. The fourth-order valence-corrected chi connectivity index (χ4v) is 3.60. The molecule has 0 aliphatic rings. The topological polar surface area (TPSA) is 90.0 Å². The van der Waals surface area contributed by atoms with E-state index in [2.05, 4.69) is 9.82 Å². The van der Waals surface area contributed by atoms with Gasteiger partial charge in [0.1, 0.15) is 4.90 Å². The van der Waals surface area contributed by atoms with Crippen LogP contribution in [0.25, 0.3) is 0 Å². The first kappa shape index (κ1) is 14.4. The van der Waals surface area contributed by atoms with Crippen LogP contribution in [-0.4, -0.2) is 18.2 Å². The molecule has 20 heavy (non-hydrogen) atoms. The number of nitrogen functional groups attached to an aromatic ring is 1. The highest BCUT2D eigenvalue weighted by atomic mass is 32.2. The van der Waals surface area contributed by atoms with Crippen LogP contribution < -0.4 is 10.5 Å². The maximum absolute atomic E-state index is 12.5. The fraction of sp³-hybridized carbons (Fsp3) is 0.308. The Morgan fingerprint density at radius 1 is 1.25 bits per heavy atom. The van der Waals surface area contributed by atoms with Crippen molar-refractivity contribution in [2.45, 2.75) is 25.7 Å². The summed E-state index contributed by atoms with van der Waals surface area (Å²) in [6.45, 7) is 5.34. The lowest BCUT2D eigenvalue weighted by atomic mass is 10.1. The van der Waals surface area contributed by atoms with Crippen LogP contribution in [0.5, 0.6) is 0 Å². The molecule has 0 fully saturated rings. The minimum Gasteiger partial charge on any atom is -0.398 e. The molecule has 0 radical (unpaired) electrons. The number of nitrogens with zero attached hydrogens (tertiary/aromatic N) is 2. The van der Waals surface area contributed by atoms with E-state index in [-0.39, 0.29) is 10.6 Å². The Kier molecular flexibility index (Phi) is 3.47. The van der Waals surface area contributed by atoms with E-state index in [0.717, 1.165) is 5.56 Å². The van der Waals surface area contributed by atoms with Gasteiger partial charge in [-0.1, -0.05) is 6.07 Å². The van der Waals surface area contributed by atoms with Crippen molar-refractivity contribution < 1.29 is 8.42 Å². The fourth-order valence-electron chi connectivity index (χ4n) is 2.06. The quantitative estimate of drug-likeness (QED) is 0.844. The molecule has 2 rings (SSSR count). The number of nitrogens with one attached hydrogen (secondary N) is 1. The number of hydrogen-bond acceptors (Lipinski definition) is 4. The molecule has 0 bridgehead atoms. The van der Waals surface area contributed by atoms with Gasteiger partial charge >= 0.3 is 0 Å². The Morgan fingerprint density at radius 2 is 1.90 bits per heavy atom. The molecular formula is C13H18N4O2S. The lowest BCUT2D eigenvalue weighted by Gasteiger charge is -2.13. The lowest BCUT2D eigenvalue weighted by Crippen LogP contribution is -2.17. The van der Waals surface area contributed by atoms with Gasteiger partial charge < -0.3 is 5.73 Å². The number of rotatable bonds is 3. The third kappa shape index (κ3) is 2.49. The highest BCUT2D eigenvalue weighted by Crippen LogP contribution is 2.27. The molecule has 3 N–H and O–H groups in total. The summed E-state index contributed by atoms with van der Waals surface area (Å²) in [5.74, 6) is 0. The average Bonchev–Trinajstić information content (AvgIpc) is 2.62. The van der Waals surface area contributed by atoms with Crippen molar-refractivity contribution in [2.24, 2.45) is 7.05 Å². The Morgan fingerprint density at radius 3 is 2.45 bits per heavy atom. The zero-order valence-corrected chi connectivity index (χ0v) is 12.7. The zero-order valence-electron chi connectivity index (χ0n) is 11.9. The predicted molar refractivity (Wildman–Crippen MR) is 79.1 cm³/mol. The van der Waals surface area contributed by atoms with Gasteiger partial charge in [0, 0.05) is 13.2 Å². The third-order valence-electron chi connectivity index (χ3n) is 3.23. The van der Waals surface area contributed by atoms with Gasteiger partial charge in [0.15, 0.2) is 0 Å². The number of aryl methyl sites for hydroxylation is 3. The number of sulfonamides is 1. The summed E-state index contributed by atoms with van der Waals surface area (Å²) >= 11 is 0. The Hall–Kier alpha value is -2.02. The second-order valence-corrected chi connectivity index (χ2v) is 6.45. The summed E-state index contributed by atoms with van der Waals surface area (Å²) in [5, 5.41) is 4.11. The highest BCUT2D eigenvalue weighted by molar-refractivity contribution is 7.93. The highest BCUT2D eigenvalue weighted by Gasteiger charge is 2.22. The van der Waals surface area contributed by atoms with E-state index in [4.69, 9.17) is 5.73 Å². The molecule has 1 aromatic heterocycles. The first-order valence-corrected chi connectivity index (χ1v) is 7.59. The van der Waals surface area contributed by atoms with Gasteiger partial charge in [0.25, 0.3) is 10.0 Å². The van der Waals surface area contributed by atoms with E-state index in [0.29, 0.717) is 16.9 Å². The molecule has 0 aliphatic heterocycles. The molecule has 2 aromatic rings. The van der Waals surface area contributed by atoms with Crippen LogP contribution in [0.1, 0.15) is 16.8 Å². The van der Waals surface area contributed by atoms with Crippen molar-refractivity contribution in [3.05, 3.63) is 35.2 Å². The standard InChI is InChI=1S/C13H18N4O2S/c1-8-5-6-11(14)13(9(8)2)20(18,19)16-12-7-17(4)15-10(12)3/h5-7,16H,14H2,1-4H3. The summed E-state index contributed by atoms with van der Waals surface area (Å²) in [4.78, 5) is 0.126. The van der Waals surface area contributed by atoms with Gasteiger partial charge in [0.05, 0.1) is 17.1 Å². The van der Waals surface area contributed by atoms with Gasteiger partial charge in [-0.25, -0.2) is 8.42 Å². The van der Waals surface area contributed by atoms with Crippen LogP contribution in [0.15, 0.2) is 23.2 Å². The van der Waals surface area contributed by atoms with E-state index in [1.807, 2.05) is 6.92 Å². The zero-order chi connectivity index (χ0) is 15.1. The number of anilines is 2. The van der Waals surface area contributed by atoms with Crippen molar-refractivity contribution in [1.82, 2.24) is 9.78 Å². The van der Waals surface area contributed by atoms with Gasteiger partial charge in [-0.2, -0.15) is 5.10 Å². The second kappa shape index (κ2) is 4.82. The first-order valence-electron chi connectivity index (χ1n) is 6.11. The molecule has 0 unspecified atom stereocenters. The lowest BCUT2D eigenvalue weighted by molar-refractivity contribution is 0.601. The average molecular weight is 294 g/mol. The maximum atomic E-state index is 12.5. The van der Waals surface area contributed by atoms with Crippen LogP contribution in [0, 0.1) is 20.8 Å². The normalized spacial score (nSPS) is 11.6. The SMILES string of the molecule is Cc1ccc(N)c(S(=O)(=O)Nc2cn(C)nc2C)c1C. The van der Waals surface area contributed by atoms with Gasteiger partial charge in [0.2, 0.25) is 0 Å². The molecule has 0 saturated heterocycles. The largest absolute Gasteiger partial charge is 0.398 e. The molecule has 1 aromatic carbocycles. The molecule has 0 aliphatic carbocycles. The van der Waals surface area contributed by atoms with Crippen molar-refractivity contribution >= 4 is 21.4 Å². The summed E-state index contributed by atoms with van der Waals surface area (Å²) in [6, 6.07) is 3.41. The monoisotopic (exact) mass is 294 g/mol. The molecular weight excluding hydrogens is 276 g/mol. The van der Waals surface area contributed by atoms with Crippen LogP contribution >= 0.6 is 0 Å². The number of hydrogen-bond donors (Lipinski definition) is 2. The summed E-state index contributed by atoms with van der Waals surface area (Å²) in [6.07, 6.45) is 1.62. The molecule has 0 saturated carbocycles. The van der Waals surface area contributed by atoms with Crippen molar-refractivity contribution in [3.63, 3.8) is 0 Å². The van der Waals surface area contributed by atoms with Crippen molar-refractivity contribution in [1.29, 1.82) is 0 Å². The molecule has 6 nitrogen and oxygen atoms in total. The van der Waals surface area contributed by atoms with Crippen molar-refractivity contribution in [3.8, 4) is 0 Å². The van der Waals surface area contributed by atoms with Gasteiger partial charge in [-0.15, -0.1) is 0 Å². The minimum absolute atomic E-state index is 0.126. The van der Waals surface area contributed by atoms with Crippen LogP contribution in [0.2, 0.25) is 0 Å². The Labute approximate surface area is 118 Å². The van der Waals surface area contributed by atoms with E-state index in [1.54, 1.807) is 43.9 Å². The molecule has 0 atom stereocenters. The molecule has 0 spiro atoms. The van der Waals surface area contributed by atoms with E-state index < -0.39 is 10.0 Å². The van der Waals surface area contributed by atoms with E-state index >= 15 is 0 Å². The molecule has 0 amide bonds. The summed E-state index contributed by atoms with van der Waals surface area (Å²) in [5.41, 5.74) is 8.66. The second-order valence-electron chi connectivity index (χ2n) is 4.83. The van der Waals surface area contributed by atoms with Crippen molar-refractivity contribution in [2.75, 3.05) is 10.5 Å². The van der Waals surface area contributed by atoms with Crippen LogP contribution in [-0.2, 0) is 17.1 Å². The predicted octanol–water partition coefficient (Wildman–Crippen LogP) is 1.73. The number of benzene rings is 1. The van der Waals surface area contributed by atoms with Crippen LogP contribution in [0.3, 0.4) is 0 Å². The van der Waals surface area contributed by atoms with E-state index in [1.165, 1.54) is 0 Å². The Bertz CT molecular complexity index is 763. The minimum atomic E-state index is -3.73. The number of nitrogens with two attached hydrogens (primary N) is 1. The van der Waals surface area contributed by atoms with Crippen LogP contribution in [0.4, 0.5) is 11.4 Å². The van der Waals surface area contributed by atoms with Gasteiger partial charge in [-0.05, 0) is 38.0 Å².